The van der Waals surface area contributed by atoms with E-state index in [-0.39, 0.29) is 34.3 Å². The van der Waals surface area contributed by atoms with Crippen LogP contribution in [-0.2, 0) is 14.8 Å². The molecule has 5 rings (SSSR count). The Labute approximate surface area is 191 Å². The smallest absolute Gasteiger partial charge is 0.262 e. The van der Waals surface area contributed by atoms with Crippen LogP contribution in [0.1, 0.15) is 5.56 Å². The van der Waals surface area contributed by atoms with E-state index < -0.39 is 10.0 Å². The van der Waals surface area contributed by atoms with Crippen LogP contribution in [0.4, 0.5) is 11.4 Å². The Balaban J connectivity index is 1.56. The predicted molar refractivity (Wildman–Crippen MR) is 127 cm³/mol. The standard InChI is InChI=1S/C22H15ClN2O5S2/c1-11-6-16-17(30-10-21(26)24-16)9-20(11)32(28,29)25-13-3-5-19-15(8-13)22(27)14-7-12(23)2-4-18(14)31-19/h2-9,25H,10H2,1H3,(H,24,26). The summed E-state index contributed by atoms with van der Waals surface area (Å²) in [5.41, 5.74) is 0.905. The van der Waals surface area contributed by atoms with E-state index >= 15 is 0 Å². The fourth-order valence-electron chi connectivity index (χ4n) is 3.61. The Morgan fingerprint density at radius 3 is 2.53 bits per heavy atom. The largest absolute Gasteiger partial charge is 0.482 e. The maximum absolute atomic E-state index is 13.1. The van der Waals surface area contributed by atoms with Crippen molar-refractivity contribution in [1.29, 1.82) is 0 Å². The molecular formula is C22H15ClN2O5S2. The van der Waals surface area contributed by atoms with Gasteiger partial charge in [-0.1, -0.05) is 11.6 Å². The molecule has 162 valence electrons. The lowest BCUT2D eigenvalue weighted by molar-refractivity contribution is -0.118. The molecule has 7 nitrogen and oxygen atoms in total. The Morgan fingerprint density at radius 2 is 1.75 bits per heavy atom. The van der Waals surface area contributed by atoms with Crippen molar-refractivity contribution in [1.82, 2.24) is 0 Å². The van der Waals surface area contributed by atoms with E-state index in [0.717, 1.165) is 9.40 Å². The molecule has 1 aliphatic heterocycles. The van der Waals surface area contributed by atoms with Crippen LogP contribution in [0.15, 0.2) is 58.2 Å². The summed E-state index contributed by atoms with van der Waals surface area (Å²) in [6, 6.07) is 12.9. The summed E-state index contributed by atoms with van der Waals surface area (Å²) < 4.78 is 35.6. The second-order valence-electron chi connectivity index (χ2n) is 7.34. The Kier molecular flexibility index (Phi) is 4.85. The number of carbonyl (C=O) groups is 1. The Morgan fingerprint density at radius 1 is 1.03 bits per heavy atom. The van der Waals surface area contributed by atoms with Crippen molar-refractivity contribution in [3.63, 3.8) is 0 Å². The number of benzene rings is 3. The quantitative estimate of drug-likeness (QED) is 0.415. The molecular weight excluding hydrogens is 472 g/mol. The van der Waals surface area contributed by atoms with E-state index in [9.17, 15) is 18.0 Å². The van der Waals surface area contributed by atoms with Gasteiger partial charge >= 0.3 is 0 Å². The molecule has 10 heteroatoms. The van der Waals surface area contributed by atoms with Crippen LogP contribution in [0, 0.1) is 6.92 Å². The van der Waals surface area contributed by atoms with Gasteiger partial charge in [-0.25, -0.2) is 8.42 Å². The third-order valence-electron chi connectivity index (χ3n) is 5.08. The van der Waals surface area contributed by atoms with Crippen molar-refractivity contribution in [3.05, 3.63) is 69.3 Å². The SMILES string of the molecule is Cc1cc2c(cc1S(=O)(=O)Nc1ccc3sc4ccc(Cl)cc4c(=O)c3c1)OCC(=O)N2. The monoisotopic (exact) mass is 486 g/mol. The number of nitrogens with one attached hydrogen (secondary N) is 2. The number of sulfonamides is 1. The van der Waals surface area contributed by atoms with Gasteiger partial charge in [0.05, 0.1) is 10.6 Å². The lowest BCUT2D eigenvalue weighted by Crippen LogP contribution is -2.26. The number of rotatable bonds is 3. The van der Waals surface area contributed by atoms with Gasteiger partial charge in [-0.15, -0.1) is 11.3 Å². The van der Waals surface area contributed by atoms with Gasteiger partial charge in [0.25, 0.3) is 15.9 Å². The molecule has 3 aromatic carbocycles. The average Bonchev–Trinajstić information content (AvgIpc) is 2.74. The molecule has 0 spiro atoms. The fraction of sp³-hybridized carbons (Fsp3) is 0.0909. The van der Waals surface area contributed by atoms with Crippen molar-refractivity contribution in [2.75, 3.05) is 16.6 Å². The van der Waals surface area contributed by atoms with Crippen molar-refractivity contribution < 1.29 is 17.9 Å². The zero-order valence-corrected chi connectivity index (χ0v) is 19.0. The summed E-state index contributed by atoms with van der Waals surface area (Å²) in [5.74, 6) is -0.0221. The first-order valence-electron chi connectivity index (χ1n) is 9.47. The number of halogens is 1. The van der Waals surface area contributed by atoms with E-state index in [4.69, 9.17) is 16.3 Å². The van der Waals surface area contributed by atoms with E-state index in [1.165, 1.54) is 23.5 Å². The lowest BCUT2D eigenvalue weighted by Gasteiger charge is -2.20. The first kappa shape index (κ1) is 20.7. The lowest BCUT2D eigenvalue weighted by atomic mass is 10.2. The number of carbonyl (C=O) groups excluding carboxylic acids is 1. The van der Waals surface area contributed by atoms with E-state index in [2.05, 4.69) is 10.0 Å². The maximum atomic E-state index is 13.1. The number of fused-ring (bicyclic) bond motifs is 3. The number of aryl methyl sites for hydroxylation is 1. The van der Waals surface area contributed by atoms with Crippen molar-refractivity contribution in [2.45, 2.75) is 11.8 Å². The second kappa shape index (κ2) is 7.47. The molecule has 1 aliphatic rings. The van der Waals surface area contributed by atoms with Gasteiger partial charge in [0, 0.05) is 36.9 Å². The number of hydrogen-bond donors (Lipinski definition) is 2. The maximum Gasteiger partial charge on any atom is 0.262 e. The first-order valence-corrected chi connectivity index (χ1v) is 12.2. The van der Waals surface area contributed by atoms with Gasteiger partial charge in [-0.2, -0.15) is 0 Å². The molecule has 4 aromatic rings. The molecule has 2 heterocycles. The number of ether oxygens (including phenoxy) is 1. The highest BCUT2D eigenvalue weighted by atomic mass is 35.5. The van der Waals surface area contributed by atoms with Gasteiger partial charge in [0.1, 0.15) is 5.75 Å². The molecule has 0 atom stereocenters. The zero-order chi connectivity index (χ0) is 22.6. The summed E-state index contributed by atoms with van der Waals surface area (Å²) in [7, 11) is -3.98. The van der Waals surface area contributed by atoms with Crippen LogP contribution >= 0.6 is 22.9 Å². The van der Waals surface area contributed by atoms with Gasteiger partial charge in [-0.05, 0) is 55.0 Å². The van der Waals surface area contributed by atoms with Crippen LogP contribution in [0.25, 0.3) is 20.2 Å². The van der Waals surface area contributed by atoms with Crippen LogP contribution in [0.2, 0.25) is 5.02 Å². The topological polar surface area (TPSA) is 102 Å². The Hall–Kier alpha value is -3.14. The third kappa shape index (κ3) is 3.58. The molecule has 0 saturated heterocycles. The normalized spacial score (nSPS) is 13.5. The number of hydrogen-bond acceptors (Lipinski definition) is 6. The molecule has 0 saturated carbocycles. The molecule has 0 aliphatic carbocycles. The molecule has 2 N–H and O–H groups in total. The van der Waals surface area contributed by atoms with Crippen LogP contribution in [0.3, 0.4) is 0 Å². The van der Waals surface area contributed by atoms with Gasteiger partial charge < -0.3 is 10.1 Å². The average molecular weight is 487 g/mol. The van der Waals surface area contributed by atoms with E-state index in [1.807, 2.05) is 0 Å². The third-order valence-corrected chi connectivity index (χ3v) is 7.99. The summed E-state index contributed by atoms with van der Waals surface area (Å²) >= 11 is 7.47. The van der Waals surface area contributed by atoms with Crippen molar-refractivity contribution >= 4 is 70.4 Å². The summed E-state index contributed by atoms with van der Waals surface area (Å²) in [6.07, 6.45) is 0. The van der Waals surface area contributed by atoms with Gasteiger partial charge in [0.15, 0.2) is 12.0 Å². The van der Waals surface area contributed by atoms with E-state index in [0.29, 0.717) is 27.0 Å². The highest BCUT2D eigenvalue weighted by Crippen LogP contribution is 2.34. The highest BCUT2D eigenvalue weighted by molar-refractivity contribution is 7.92. The Bertz CT molecular complexity index is 1610. The minimum atomic E-state index is -3.98. The molecule has 32 heavy (non-hydrogen) atoms. The minimum absolute atomic E-state index is 0.0166. The first-order chi connectivity index (χ1) is 15.2. The molecule has 0 bridgehead atoms. The van der Waals surface area contributed by atoms with Crippen molar-refractivity contribution in [2.24, 2.45) is 0 Å². The van der Waals surface area contributed by atoms with Gasteiger partial charge in [0.2, 0.25) is 0 Å². The van der Waals surface area contributed by atoms with Crippen LogP contribution in [-0.4, -0.2) is 20.9 Å². The van der Waals surface area contributed by atoms with Gasteiger partial charge in [-0.3, -0.25) is 14.3 Å². The zero-order valence-electron chi connectivity index (χ0n) is 16.6. The molecule has 1 aromatic heterocycles. The predicted octanol–water partition coefficient (Wildman–Crippen LogP) is 4.51. The van der Waals surface area contributed by atoms with Crippen LogP contribution < -0.4 is 20.2 Å². The summed E-state index contributed by atoms with van der Waals surface area (Å²) in [4.78, 5) is 24.5. The van der Waals surface area contributed by atoms with E-state index in [1.54, 1.807) is 43.3 Å². The molecule has 0 radical (unpaired) electrons. The van der Waals surface area contributed by atoms with Crippen molar-refractivity contribution in [3.8, 4) is 5.75 Å². The number of anilines is 2. The summed E-state index contributed by atoms with van der Waals surface area (Å²) in [5, 5.41) is 4.00. The molecule has 1 amide bonds. The second-order valence-corrected chi connectivity index (χ2v) is 10.5. The molecule has 0 unspecified atom stereocenters. The number of amides is 1. The summed E-state index contributed by atoms with van der Waals surface area (Å²) in [6.45, 7) is 1.45. The highest BCUT2D eigenvalue weighted by Gasteiger charge is 2.24. The van der Waals surface area contributed by atoms with Crippen LogP contribution in [0.5, 0.6) is 5.75 Å². The minimum Gasteiger partial charge on any atom is -0.482 e. The fourth-order valence-corrected chi connectivity index (χ4v) is 6.10. The molecule has 0 fully saturated rings.